The second-order valence-electron chi connectivity index (χ2n) is 16.6. The van der Waals surface area contributed by atoms with Gasteiger partial charge in [-0.25, -0.2) is 0 Å². The summed E-state index contributed by atoms with van der Waals surface area (Å²) >= 11 is 0. The van der Waals surface area contributed by atoms with Gasteiger partial charge >= 0.3 is 0 Å². The SMILES string of the molecule is CC1(C)c2ccccc2-c2ccc(N(c3ccc(-c4ccccc4)cc3)c3cccc4c3N3c5cc(-c6ccccc6)ccc5C(C)(C)c5cccc(c53)O4)cc21. The van der Waals surface area contributed by atoms with Crippen molar-refractivity contribution in [2.24, 2.45) is 0 Å². The van der Waals surface area contributed by atoms with E-state index in [0.29, 0.717) is 0 Å². The van der Waals surface area contributed by atoms with Crippen molar-refractivity contribution in [3.63, 3.8) is 0 Å². The van der Waals surface area contributed by atoms with Crippen LogP contribution in [-0.2, 0) is 10.8 Å². The zero-order chi connectivity index (χ0) is 38.5. The van der Waals surface area contributed by atoms with Crippen LogP contribution in [0.2, 0.25) is 0 Å². The molecule has 0 saturated heterocycles. The van der Waals surface area contributed by atoms with Gasteiger partial charge in [-0.2, -0.15) is 0 Å². The Kier molecular flexibility index (Phi) is 7.25. The first-order valence-corrected chi connectivity index (χ1v) is 19.9. The normalized spacial score (nSPS) is 14.7. The fraction of sp³-hybridized carbons (Fsp3) is 0.111. The number of anilines is 6. The van der Waals surface area contributed by atoms with Gasteiger partial charge in [0.25, 0.3) is 0 Å². The molecule has 2 aliphatic heterocycles. The first-order valence-electron chi connectivity index (χ1n) is 19.9. The largest absolute Gasteiger partial charge is 0.453 e. The van der Waals surface area contributed by atoms with E-state index >= 15 is 0 Å². The van der Waals surface area contributed by atoms with Crippen molar-refractivity contribution in [2.45, 2.75) is 38.5 Å². The van der Waals surface area contributed by atoms with E-state index in [1.807, 2.05) is 0 Å². The third-order valence-corrected chi connectivity index (χ3v) is 12.6. The molecular weight excluding hydrogens is 693 g/mol. The summed E-state index contributed by atoms with van der Waals surface area (Å²) in [7, 11) is 0. The average molecular weight is 735 g/mol. The molecule has 0 spiro atoms. The number of rotatable bonds is 5. The summed E-state index contributed by atoms with van der Waals surface area (Å²) in [5, 5.41) is 0. The molecule has 0 bridgehead atoms. The fourth-order valence-corrected chi connectivity index (χ4v) is 9.70. The second-order valence-corrected chi connectivity index (χ2v) is 16.6. The monoisotopic (exact) mass is 734 g/mol. The highest BCUT2D eigenvalue weighted by molar-refractivity contribution is 6.01. The maximum absolute atomic E-state index is 6.97. The molecule has 0 radical (unpaired) electrons. The predicted molar refractivity (Wildman–Crippen MR) is 236 cm³/mol. The van der Waals surface area contributed by atoms with E-state index in [1.54, 1.807) is 0 Å². The quantitative estimate of drug-likeness (QED) is 0.175. The summed E-state index contributed by atoms with van der Waals surface area (Å²) in [4.78, 5) is 4.93. The number of benzene rings is 8. The highest BCUT2D eigenvalue weighted by Gasteiger charge is 2.43. The molecule has 0 aromatic heterocycles. The van der Waals surface area contributed by atoms with E-state index < -0.39 is 0 Å². The molecule has 0 saturated carbocycles. The molecule has 0 N–H and O–H groups in total. The molecule has 3 heteroatoms. The third kappa shape index (κ3) is 4.98. The predicted octanol–water partition coefficient (Wildman–Crippen LogP) is 15.0. The van der Waals surface area contributed by atoms with E-state index in [2.05, 4.69) is 219 Å². The van der Waals surface area contributed by atoms with Crippen LogP contribution < -0.4 is 14.5 Å². The van der Waals surface area contributed by atoms with E-state index in [-0.39, 0.29) is 10.8 Å². The van der Waals surface area contributed by atoms with Crippen LogP contribution in [0, 0.1) is 0 Å². The van der Waals surface area contributed by atoms with Crippen molar-refractivity contribution in [1.29, 1.82) is 0 Å². The number of nitrogens with zero attached hydrogens (tertiary/aromatic N) is 2. The summed E-state index contributed by atoms with van der Waals surface area (Å²) in [6, 6.07) is 66.3. The topological polar surface area (TPSA) is 15.7 Å². The van der Waals surface area contributed by atoms with Crippen LogP contribution in [0.5, 0.6) is 11.5 Å². The molecule has 0 unspecified atom stereocenters. The van der Waals surface area contributed by atoms with E-state index in [0.717, 1.165) is 39.9 Å². The lowest BCUT2D eigenvalue weighted by molar-refractivity contribution is 0.471. The van der Waals surface area contributed by atoms with E-state index in [4.69, 9.17) is 4.74 Å². The molecule has 11 rings (SSSR count). The minimum Gasteiger partial charge on any atom is -0.453 e. The minimum atomic E-state index is -0.254. The van der Waals surface area contributed by atoms with Crippen LogP contribution in [0.15, 0.2) is 182 Å². The van der Waals surface area contributed by atoms with Gasteiger partial charge in [-0.05, 0) is 104 Å². The van der Waals surface area contributed by atoms with Gasteiger partial charge in [0.15, 0.2) is 11.5 Å². The molecule has 0 amide bonds. The first kappa shape index (κ1) is 33.5. The van der Waals surface area contributed by atoms with Gasteiger partial charge in [0.2, 0.25) is 0 Å². The number of para-hydroxylation sites is 2. The molecule has 3 aliphatic rings. The van der Waals surface area contributed by atoms with Crippen molar-refractivity contribution < 1.29 is 4.74 Å². The smallest absolute Gasteiger partial charge is 0.153 e. The van der Waals surface area contributed by atoms with Crippen LogP contribution in [0.1, 0.15) is 49.9 Å². The molecule has 1 aliphatic carbocycles. The number of hydrogen-bond acceptors (Lipinski definition) is 3. The highest BCUT2D eigenvalue weighted by Crippen LogP contribution is 2.63. The Labute approximate surface area is 335 Å². The molecule has 8 aromatic carbocycles. The average Bonchev–Trinajstić information content (AvgIpc) is 3.48. The summed E-state index contributed by atoms with van der Waals surface area (Å²) in [5.41, 5.74) is 18.7. The van der Waals surface area contributed by atoms with Gasteiger partial charge in [0.05, 0.1) is 17.1 Å². The Morgan fingerprint density at radius 2 is 0.965 bits per heavy atom. The Hall–Kier alpha value is -6.84. The second kappa shape index (κ2) is 12.3. The Balaban J connectivity index is 1.16. The summed E-state index contributed by atoms with van der Waals surface area (Å²) < 4.78 is 6.97. The molecule has 274 valence electrons. The molecular formula is C54H42N2O. The number of hydrogen-bond donors (Lipinski definition) is 0. The maximum atomic E-state index is 6.97. The zero-order valence-corrected chi connectivity index (χ0v) is 32.6. The van der Waals surface area contributed by atoms with Gasteiger partial charge in [-0.1, -0.05) is 161 Å². The van der Waals surface area contributed by atoms with Crippen molar-refractivity contribution in [2.75, 3.05) is 9.80 Å². The number of fused-ring (bicyclic) bond motifs is 7. The maximum Gasteiger partial charge on any atom is 0.153 e. The van der Waals surface area contributed by atoms with Crippen LogP contribution in [-0.4, -0.2) is 0 Å². The van der Waals surface area contributed by atoms with Crippen molar-refractivity contribution in [1.82, 2.24) is 0 Å². The standard InChI is InChI=1S/C54H42N2O/c1-53(2)43-20-12-11-19-41(43)42-31-30-40(34-46(42)53)55(39-28-25-37(26-29-39)35-15-7-5-8-16-35)47-22-14-24-50-52(47)56-48-33-38(36-17-9-6-10-18-36)27-32-44(48)54(3,4)45-21-13-23-49(57-50)51(45)56/h5-34H,1-4H3. The van der Waals surface area contributed by atoms with E-state index in [1.165, 1.54) is 61.3 Å². The summed E-state index contributed by atoms with van der Waals surface area (Å²) in [5.74, 6) is 1.70. The van der Waals surface area contributed by atoms with E-state index in [9.17, 15) is 0 Å². The Bertz CT molecular complexity index is 2870. The van der Waals surface area contributed by atoms with Crippen molar-refractivity contribution >= 4 is 34.1 Å². The van der Waals surface area contributed by atoms with Crippen molar-refractivity contribution in [3.05, 3.63) is 204 Å². The van der Waals surface area contributed by atoms with Crippen LogP contribution >= 0.6 is 0 Å². The van der Waals surface area contributed by atoms with Crippen molar-refractivity contribution in [3.8, 4) is 44.9 Å². The number of ether oxygens (including phenoxy) is 1. The van der Waals surface area contributed by atoms with Gasteiger partial charge in [0.1, 0.15) is 5.69 Å². The molecule has 57 heavy (non-hydrogen) atoms. The van der Waals surface area contributed by atoms with Crippen LogP contribution in [0.4, 0.5) is 34.1 Å². The lowest BCUT2D eigenvalue weighted by Crippen LogP contribution is -2.33. The van der Waals surface area contributed by atoms with Gasteiger partial charge < -0.3 is 14.5 Å². The van der Waals surface area contributed by atoms with Crippen LogP contribution in [0.25, 0.3) is 33.4 Å². The van der Waals surface area contributed by atoms with Gasteiger partial charge in [-0.15, -0.1) is 0 Å². The van der Waals surface area contributed by atoms with Gasteiger partial charge in [-0.3, -0.25) is 0 Å². The lowest BCUT2D eigenvalue weighted by atomic mass is 9.72. The highest BCUT2D eigenvalue weighted by atomic mass is 16.5. The Morgan fingerprint density at radius 1 is 0.404 bits per heavy atom. The molecule has 8 aromatic rings. The molecule has 0 fully saturated rings. The lowest BCUT2D eigenvalue weighted by Gasteiger charge is -2.46. The molecule has 3 nitrogen and oxygen atoms in total. The molecule has 0 atom stereocenters. The molecule has 2 heterocycles. The summed E-state index contributed by atoms with van der Waals surface area (Å²) in [6.45, 7) is 9.39. The third-order valence-electron chi connectivity index (χ3n) is 12.6. The van der Waals surface area contributed by atoms with Gasteiger partial charge in [0, 0.05) is 22.2 Å². The first-order chi connectivity index (χ1) is 27.8. The zero-order valence-electron chi connectivity index (χ0n) is 32.6. The Morgan fingerprint density at radius 3 is 1.72 bits per heavy atom. The minimum absolute atomic E-state index is 0.150. The fourth-order valence-electron chi connectivity index (χ4n) is 9.70. The van der Waals surface area contributed by atoms with Crippen LogP contribution in [0.3, 0.4) is 0 Å². The summed E-state index contributed by atoms with van der Waals surface area (Å²) in [6.07, 6.45) is 0.